The summed E-state index contributed by atoms with van der Waals surface area (Å²) in [6, 6.07) is 4.09. The van der Waals surface area contributed by atoms with Gasteiger partial charge in [0.1, 0.15) is 5.75 Å². The first kappa shape index (κ1) is 17.8. The molecule has 1 heterocycles. The van der Waals surface area contributed by atoms with Gasteiger partial charge < -0.3 is 14.5 Å². The van der Waals surface area contributed by atoms with Gasteiger partial charge in [0.25, 0.3) is 0 Å². The van der Waals surface area contributed by atoms with Crippen LogP contribution in [0.5, 0.6) is 5.75 Å². The van der Waals surface area contributed by atoms with Crippen LogP contribution in [0, 0.1) is 19.8 Å². The third-order valence-electron chi connectivity index (χ3n) is 5.44. The summed E-state index contributed by atoms with van der Waals surface area (Å²) in [7, 11) is 1.65. The summed E-state index contributed by atoms with van der Waals surface area (Å²) in [5.41, 5.74) is 3.14. The molecule has 2 fully saturated rings. The molecule has 1 aliphatic carbocycles. The minimum Gasteiger partial charge on any atom is -0.496 e. The lowest BCUT2D eigenvalue weighted by atomic mass is 9.84. The minimum atomic E-state index is 0.110. The molecule has 1 aliphatic heterocycles. The smallest absolute Gasteiger partial charge is 0.227 e. The molecule has 3 rings (SSSR count). The second-order valence-electron chi connectivity index (χ2n) is 7.28. The molecule has 2 aliphatic rings. The second kappa shape index (κ2) is 7.46. The first-order valence-electron chi connectivity index (χ1n) is 9.20. The molecular weight excluding hydrogens is 316 g/mol. The molecule has 25 heavy (non-hydrogen) atoms. The predicted octanol–water partition coefficient (Wildman–Crippen LogP) is 2.33. The Labute approximate surface area is 149 Å². The lowest BCUT2D eigenvalue weighted by Gasteiger charge is -2.38. The second-order valence-corrected chi connectivity index (χ2v) is 7.28. The minimum absolute atomic E-state index is 0.110. The molecule has 136 valence electrons. The molecule has 1 aromatic carbocycles. The van der Waals surface area contributed by atoms with Crippen LogP contribution < -0.4 is 4.74 Å². The van der Waals surface area contributed by atoms with E-state index in [1.165, 1.54) is 6.42 Å². The van der Waals surface area contributed by atoms with Crippen molar-refractivity contribution < 1.29 is 14.3 Å². The maximum absolute atomic E-state index is 12.7. The van der Waals surface area contributed by atoms with E-state index in [-0.39, 0.29) is 17.7 Å². The summed E-state index contributed by atoms with van der Waals surface area (Å²) < 4.78 is 5.49. The van der Waals surface area contributed by atoms with Gasteiger partial charge in [-0.25, -0.2) is 0 Å². The molecule has 0 bridgehead atoms. The van der Waals surface area contributed by atoms with Crippen LogP contribution in [0.3, 0.4) is 0 Å². The zero-order valence-electron chi connectivity index (χ0n) is 15.5. The molecule has 0 radical (unpaired) electrons. The van der Waals surface area contributed by atoms with E-state index in [0.717, 1.165) is 35.3 Å². The van der Waals surface area contributed by atoms with Crippen molar-refractivity contribution in [1.29, 1.82) is 0 Å². The van der Waals surface area contributed by atoms with E-state index in [4.69, 9.17) is 4.74 Å². The molecule has 1 saturated heterocycles. The number of aryl methyl sites for hydroxylation is 2. The summed E-state index contributed by atoms with van der Waals surface area (Å²) >= 11 is 0. The Hall–Kier alpha value is -2.04. The van der Waals surface area contributed by atoms with E-state index in [1.807, 2.05) is 29.7 Å². The van der Waals surface area contributed by atoms with Crippen molar-refractivity contribution in [2.45, 2.75) is 39.5 Å². The van der Waals surface area contributed by atoms with E-state index in [9.17, 15) is 9.59 Å². The fourth-order valence-electron chi connectivity index (χ4n) is 3.83. The highest BCUT2D eigenvalue weighted by atomic mass is 16.5. The number of carbonyl (C=O) groups is 2. The topological polar surface area (TPSA) is 49.9 Å². The largest absolute Gasteiger partial charge is 0.496 e. The van der Waals surface area contributed by atoms with Crippen molar-refractivity contribution in [2.75, 3.05) is 33.3 Å². The molecule has 2 amide bonds. The summed E-state index contributed by atoms with van der Waals surface area (Å²) in [4.78, 5) is 28.8. The number of hydrogen-bond acceptors (Lipinski definition) is 3. The summed E-state index contributed by atoms with van der Waals surface area (Å²) in [6.45, 7) is 6.61. The van der Waals surface area contributed by atoms with Crippen LogP contribution in [0.1, 0.15) is 36.0 Å². The monoisotopic (exact) mass is 344 g/mol. The molecule has 1 aromatic rings. The first-order valence-corrected chi connectivity index (χ1v) is 9.20. The molecule has 0 aromatic heterocycles. The summed E-state index contributed by atoms with van der Waals surface area (Å²) in [5.74, 6) is 1.44. The van der Waals surface area contributed by atoms with Crippen molar-refractivity contribution in [1.82, 2.24) is 9.80 Å². The van der Waals surface area contributed by atoms with Crippen LogP contribution in [-0.4, -0.2) is 54.9 Å². The van der Waals surface area contributed by atoms with Crippen LogP contribution in [0.15, 0.2) is 12.1 Å². The lowest BCUT2D eigenvalue weighted by molar-refractivity contribution is -0.143. The van der Waals surface area contributed by atoms with Crippen LogP contribution in [0.4, 0.5) is 0 Å². The first-order chi connectivity index (χ1) is 12.0. The standard InChI is InChI=1S/C20H28N2O3/c1-14-11-15(2)19(25-3)17(12-14)13-18(23)21-7-9-22(10-8-21)20(24)16-5-4-6-16/h11-12,16H,4-10,13H2,1-3H3. The number of amides is 2. The highest BCUT2D eigenvalue weighted by Gasteiger charge is 2.32. The van der Waals surface area contributed by atoms with E-state index in [0.29, 0.717) is 32.6 Å². The van der Waals surface area contributed by atoms with Crippen molar-refractivity contribution in [3.8, 4) is 5.75 Å². The molecule has 5 nitrogen and oxygen atoms in total. The Bertz CT molecular complexity index is 659. The number of carbonyl (C=O) groups excluding carboxylic acids is 2. The van der Waals surface area contributed by atoms with E-state index in [2.05, 4.69) is 6.07 Å². The van der Waals surface area contributed by atoms with Gasteiger partial charge in [0, 0.05) is 37.7 Å². The zero-order chi connectivity index (χ0) is 18.0. The molecule has 0 N–H and O–H groups in total. The average molecular weight is 344 g/mol. The van der Waals surface area contributed by atoms with Gasteiger partial charge in [0.2, 0.25) is 11.8 Å². The quantitative estimate of drug-likeness (QED) is 0.842. The molecule has 1 saturated carbocycles. The van der Waals surface area contributed by atoms with Gasteiger partial charge in [-0.1, -0.05) is 24.1 Å². The zero-order valence-corrected chi connectivity index (χ0v) is 15.5. The van der Waals surface area contributed by atoms with Gasteiger partial charge in [-0.05, 0) is 32.3 Å². The Morgan fingerprint density at radius 2 is 1.72 bits per heavy atom. The van der Waals surface area contributed by atoms with Crippen LogP contribution in [-0.2, 0) is 16.0 Å². The molecule has 0 spiro atoms. The van der Waals surface area contributed by atoms with Gasteiger partial charge in [-0.3, -0.25) is 9.59 Å². The Balaban J connectivity index is 1.59. The number of benzene rings is 1. The SMILES string of the molecule is COc1c(C)cc(C)cc1CC(=O)N1CCN(C(=O)C2CCC2)CC1. The van der Waals surface area contributed by atoms with Crippen molar-refractivity contribution in [3.63, 3.8) is 0 Å². The molecule has 0 atom stereocenters. The van der Waals surface area contributed by atoms with Gasteiger partial charge in [-0.15, -0.1) is 0 Å². The third kappa shape index (κ3) is 3.80. The van der Waals surface area contributed by atoms with Crippen LogP contribution in [0.25, 0.3) is 0 Å². The van der Waals surface area contributed by atoms with Crippen LogP contribution >= 0.6 is 0 Å². The normalized spacial score (nSPS) is 18.0. The van der Waals surface area contributed by atoms with Gasteiger partial charge in [0.05, 0.1) is 13.5 Å². The number of rotatable bonds is 4. The molecular formula is C20H28N2O3. The van der Waals surface area contributed by atoms with E-state index in [1.54, 1.807) is 7.11 Å². The van der Waals surface area contributed by atoms with Crippen molar-refractivity contribution in [3.05, 3.63) is 28.8 Å². The van der Waals surface area contributed by atoms with Gasteiger partial charge in [0.15, 0.2) is 0 Å². The van der Waals surface area contributed by atoms with E-state index >= 15 is 0 Å². The summed E-state index contributed by atoms with van der Waals surface area (Å²) in [5, 5.41) is 0. The summed E-state index contributed by atoms with van der Waals surface area (Å²) in [6.07, 6.45) is 3.59. The molecule has 0 unspecified atom stereocenters. The fraction of sp³-hybridized carbons (Fsp3) is 0.600. The van der Waals surface area contributed by atoms with Gasteiger partial charge >= 0.3 is 0 Å². The van der Waals surface area contributed by atoms with Gasteiger partial charge in [-0.2, -0.15) is 0 Å². The van der Waals surface area contributed by atoms with Crippen molar-refractivity contribution >= 4 is 11.8 Å². The third-order valence-corrected chi connectivity index (χ3v) is 5.44. The number of methoxy groups -OCH3 is 1. The Kier molecular flexibility index (Phi) is 5.30. The highest BCUT2D eigenvalue weighted by molar-refractivity contribution is 5.82. The number of nitrogens with zero attached hydrogens (tertiary/aromatic N) is 2. The number of ether oxygens (including phenoxy) is 1. The average Bonchev–Trinajstić information content (AvgIpc) is 2.53. The lowest BCUT2D eigenvalue weighted by Crippen LogP contribution is -2.52. The number of hydrogen-bond donors (Lipinski definition) is 0. The van der Waals surface area contributed by atoms with Crippen LogP contribution in [0.2, 0.25) is 0 Å². The number of piperazine rings is 1. The Morgan fingerprint density at radius 3 is 2.28 bits per heavy atom. The van der Waals surface area contributed by atoms with E-state index < -0.39 is 0 Å². The molecule has 5 heteroatoms. The van der Waals surface area contributed by atoms with Crippen molar-refractivity contribution in [2.24, 2.45) is 5.92 Å². The maximum atomic E-state index is 12.7. The maximum Gasteiger partial charge on any atom is 0.227 e. The predicted molar refractivity (Wildman–Crippen MR) is 96.7 cm³/mol. The Morgan fingerprint density at radius 1 is 1.08 bits per heavy atom. The fourth-order valence-corrected chi connectivity index (χ4v) is 3.83. The highest BCUT2D eigenvalue weighted by Crippen LogP contribution is 2.29.